The fraction of sp³-hybridized carbons (Fsp3) is 0.333. The molecular weight excluding hydrogens is 312 g/mol. The Morgan fingerprint density at radius 2 is 1.87 bits per heavy atom. The van der Waals surface area contributed by atoms with Crippen molar-refractivity contribution in [1.82, 2.24) is 9.47 Å². The van der Waals surface area contributed by atoms with Crippen molar-refractivity contribution < 1.29 is 9.59 Å². The molecule has 3 rings (SSSR count). The monoisotopic (exact) mass is 330 g/mol. The van der Waals surface area contributed by atoms with Gasteiger partial charge in [-0.1, -0.05) is 30.3 Å². The molecular formula is C18H19ClN2O2. The number of carbonyl (C=O) groups excluding carboxylic acids is 2. The first-order valence-corrected chi connectivity index (χ1v) is 8.35. The van der Waals surface area contributed by atoms with Crippen LogP contribution in [0.1, 0.15) is 39.3 Å². The lowest BCUT2D eigenvalue weighted by Crippen LogP contribution is -2.32. The van der Waals surface area contributed by atoms with Crippen molar-refractivity contribution in [1.29, 1.82) is 0 Å². The van der Waals surface area contributed by atoms with E-state index in [1.54, 1.807) is 11.0 Å². The van der Waals surface area contributed by atoms with Crippen LogP contribution in [0.25, 0.3) is 0 Å². The highest BCUT2D eigenvalue weighted by molar-refractivity contribution is 6.17. The van der Waals surface area contributed by atoms with Gasteiger partial charge in [0.25, 0.3) is 5.91 Å². The van der Waals surface area contributed by atoms with Gasteiger partial charge in [-0.25, -0.2) is 0 Å². The summed E-state index contributed by atoms with van der Waals surface area (Å²) in [5, 5.41) is 0. The lowest BCUT2D eigenvalue weighted by atomic mass is 10.1. The maximum absolute atomic E-state index is 12.7. The quantitative estimate of drug-likeness (QED) is 0.790. The Balaban J connectivity index is 1.90. The normalized spacial score (nSPS) is 14.7. The molecule has 1 aliphatic rings. The highest BCUT2D eigenvalue weighted by Gasteiger charge is 2.29. The van der Waals surface area contributed by atoms with E-state index >= 15 is 0 Å². The fourth-order valence-electron chi connectivity index (χ4n) is 2.96. The number of nitrogens with zero attached hydrogens (tertiary/aromatic N) is 2. The van der Waals surface area contributed by atoms with Gasteiger partial charge in [-0.05, 0) is 18.1 Å². The van der Waals surface area contributed by atoms with Crippen LogP contribution in [-0.2, 0) is 6.54 Å². The van der Waals surface area contributed by atoms with Crippen molar-refractivity contribution in [3.8, 4) is 0 Å². The van der Waals surface area contributed by atoms with Crippen LogP contribution in [0.15, 0.2) is 42.6 Å². The molecule has 0 spiro atoms. The molecule has 120 valence electrons. The van der Waals surface area contributed by atoms with E-state index in [0.717, 1.165) is 12.0 Å². The maximum Gasteiger partial charge on any atom is 0.256 e. The summed E-state index contributed by atoms with van der Waals surface area (Å²) in [4.78, 5) is 26.9. The number of rotatable bonds is 5. The highest BCUT2D eigenvalue weighted by atomic mass is 35.5. The molecule has 1 aliphatic heterocycles. The Morgan fingerprint density at radius 3 is 2.61 bits per heavy atom. The molecule has 0 fully saturated rings. The zero-order chi connectivity index (χ0) is 16.2. The first-order valence-electron chi connectivity index (χ1n) is 7.82. The number of alkyl halides is 1. The van der Waals surface area contributed by atoms with Crippen LogP contribution in [0, 0.1) is 0 Å². The van der Waals surface area contributed by atoms with Gasteiger partial charge in [0.15, 0.2) is 5.78 Å². The van der Waals surface area contributed by atoms with E-state index in [9.17, 15) is 9.59 Å². The molecule has 0 N–H and O–H groups in total. The van der Waals surface area contributed by atoms with Crippen molar-refractivity contribution in [2.75, 3.05) is 19.0 Å². The zero-order valence-electron chi connectivity index (χ0n) is 12.9. The van der Waals surface area contributed by atoms with Crippen molar-refractivity contribution in [3.63, 3.8) is 0 Å². The molecule has 1 aromatic heterocycles. The second kappa shape index (κ2) is 7.01. The first-order chi connectivity index (χ1) is 11.2. The summed E-state index contributed by atoms with van der Waals surface area (Å²) < 4.78 is 1.88. The molecule has 0 saturated carbocycles. The number of aromatic nitrogens is 1. The van der Waals surface area contributed by atoms with Gasteiger partial charge in [-0.3, -0.25) is 9.59 Å². The van der Waals surface area contributed by atoms with Crippen LogP contribution in [0.4, 0.5) is 0 Å². The Bertz CT molecular complexity index is 709. The molecule has 0 atom stereocenters. The van der Waals surface area contributed by atoms with Crippen LogP contribution in [0.5, 0.6) is 0 Å². The average Bonchev–Trinajstić information content (AvgIpc) is 2.93. The minimum atomic E-state index is -0.0669. The van der Waals surface area contributed by atoms with E-state index in [0.29, 0.717) is 43.2 Å². The molecule has 0 bridgehead atoms. The average molecular weight is 331 g/mol. The number of ketones is 1. The summed E-state index contributed by atoms with van der Waals surface area (Å²) in [6, 6.07) is 11.7. The Labute approximate surface area is 140 Å². The molecule has 5 heteroatoms. The van der Waals surface area contributed by atoms with Gasteiger partial charge in [-0.2, -0.15) is 0 Å². The van der Waals surface area contributed by atoms with E-state index < -0.39 is 0 Å². The van der Waals surface area contributed by atoms with E-state index in [4.69, 9.17) is 11.6 Å². The van der Waals surface area contributed by atoms with E-state index in [-0.39, 0.29) is 11.7 Å². The van der Waals surface area contributed by atoms with E-state index in [1.807, 2.05) is 41.1 Å². The van der Waals surface area contributed by atoms with Crippen LogP contribution >= 0.6 is 11.6 Å². The minimum Gasteiger partial charge on any atom is -0.340 e. The molecule has 2 heterocycles. The smallest absolute Gasteiger partial charge is 0.256 e. The number of fused-ring (bicyclic) bond motifs is 1. The summed E-state index contributed by atoms with van der Waals surface area (Å²) in [6.07, 6.45) is 2.93. The third-order valence-corrected chi connectivity index (χ3v) is 4.38. The SMILES string of the molecule is O=C1CCN(CCCCl)C(=O)c2ccn(Cc3ccccc3)c21. The number of Topliss-reactive ketones (excluding diaryl/α,β-unsaturated/α-hetero) is 1. The second-order valence-electron chi connectivity index (χ2n) is 5.70. The summed E-state index contributed by atoms with van der Waals surface area (Å²) in [7, 11) is 0. The lowest BCUT2D eigenvalue weighted by Gasteiger charge is -2.19. The van der Waals surface area contributed by atoms with Gasteiger partial charge in [0.2, 0.25) is 0 Å². The van der Waals surface area contributed by atoms with Crippen LogP contribution in [0.3, 0.4) is 0 Å². The molecule has 1 aromatic carbocycles. The van der Waals surface area contributed by atoms with Gasteiger partial charge in [0, 0.05) is 38.1 Å². The fourth-order valence-corrected chi connectivity index (χ4v) is 3.08. The molecule has 23 heavy (non-hydrogen) atoms. The number of amides is 1. The summed E-state index contributed by atoms with van der Waals surface area (Å²) >= 11 is 5.72. The largest absolute Gasteiger partial charge is 0.340 e. The Kier molecular flexibility index (Phi) is 4.82. The third kappa shape index (κ3) is 3.32. The lowest BCUT2D eigenvalue weighted by molar-refractivity contribution is 0.0759. The summed E-state index contributed by atoms with van der Waals surface area (Å²) in [5.41, 5.74) is 2.15. The van der Waals surface area contributed by atoms with Gasteiger partial charge in [0.1, 0.15) is 0 Å². The third-order valence-electron chi connectivity index (χ3n) is 4.11. The molecule has 0 unspecified atom stereocenters. The van der Waals surface area contributed by atoms with Gasteiger partial charge >= 0.3 is 0 Å². The van der Waals surface area contributed by atoms with Crippen molar-refractivity contribution in [2.24, 2.45) is 0 Å². The Morgan fingerprint density at radius 1 is 1.09 bits per heavy atom. The summed E-state index contributed by atoms with van der Waals surface area (Å²) in [5.74, 6) is 0.477. The summed E-state index contributed by atoms with van der Waals surface area (Å²) in [6.45, 7) is 1.66. The Hall–Kier alpha value is -2.07. The molecule has 4 nitrogen and oxygen atoms in total. The molecule has 1 amide bonds. The second-order valence-corrected chi connectivity index (χ2v) is 6.08. The molecule has 0 radical (unpaired) electrons. The maximum atomic E-state index is 12.7. The van der Waals surface area contributed by atoms with E-state index in [1.165, 1.54) is 0 Å². The molecule has 0 saturated heterocycles. The van der Waals surface area contributed by atoms with Crippen molar-refractivity contribution >= 4 is 23.3 Å². The van der Waals surface area contributed by atoms with Gasteiger partial charge in [0.05, 0.1) is 11.3 Å². The van der Waals surface area contributed by atoms with Gasteiger partial charge < -0.3 is 9.47 Å². The zero-order valence-corrected chi connectivity index (χ0v) is 13.6. The number of benzene rings is 1. The number of hydrogen-bond donors (Lipinski definition) is 0. The molecule has 2 aromatic rings. The van der Waals surface area contributed by atoms with Crippen molar-refractivity contribution in [2.45, 2.75) is 19.4 Å². The van der Waals surface area contributed by atoms with Crippen LogP contribution in [0.2, 0.25) is 0 Å². The predicted molar refractivity (Wildman–Crippen MR) is 90.2 cm³/mol. The van der Waals surface area contributed by atoms with Crippen LogP contribution in [-0.4, -0.2) is 40.1 Å². The first kappa shape index (κ1) is 15.8. The minimum absolute atomic E-state index is 0.0302. The topological polar surface area (TPSA) is 42.3 Å². The standard InChI is InChI=1S/C18H19ClN2O2/c19-9-4-10-20-12-8-16(22)17-15(18(20)23)7-11-21(17)13-14-5-2-1-3-6-14/h1-3,5-7,11H,4,8-10,12-13H2. The van der Waals surface area contributed by atoms with E-state index in [2.05, 4.69) is 0 Å². The van der Waals surface area contributed by atoms with Crippen molar-refractivity contribution in [3.05, 3.63) is 59.4 Å². The number of carbonyl (C=O) groups is 2. The number of hydrogen-bond acceptors (Lipinski definition) is 2. The predicted octanol–water partition coefficient (Wildman–Crippen LogP) is 3.19. The van der Waals surface area contributed by atoms with Gasteiger partial charge in [-0.15, -0.1) is 11.6 Å². The highest BCUT2D eigenvalue weighted by Crippen LogP contribution is 2.21. The van der Waals surface area contributed by atoms with Crippen LogP contribution < -0.4 is 0 Å². The number of halogens is 1. The molecule has 0 aliphatic carbocycles.